The molecule has 0 saturated heterocycles. The summed E-state index contributed by atoms with van der Waals surface area (Å²) in [6, 6.07) is 18.0. The van der Waals surface area contributed by atoms with Crippen molar-refractivity contribution in [2.75, 3.05) is 18.5 Å². The van der Waals surface area contributed by atoms with Crippen molar-refractivity contribution >= 4 is 22.4 Å². The third kappa shape index (κ3) is 4.11. The van der Waals surface area contributed by atoms with E-state index in [9.17, 15) is 4.79 Å². The first-order chi connectivity index (χ1) is 12.6. The van der Waals surface area contributed by atoms with Crippen LogP contribution in [-0.2, 0) is 6.54 Å². The normalized spacial score (nSPS) is 10.6. The zero-order valence-corrected chi connectivity index (χ0v) is 16.1. The van der Waals surface area contributed by atoms with Gasteiger partial charge in [-0.15, -0.1) is 11.3 Å². The summed E-state index contributed by atoms with van der Waals surface area (Å²) >= 11 is 1.70. The van der Waals surface area contributed by atoms with Gasteiger partial charge in [0.1, 0.15) is 0 Å². The summed E-state index contributed by atoms with van der Waals surface area (Å²) in [5.41, 5.74) is 4.03. The Kier molecular flexibility index (Phi) is 5.68. The largest absolute Gasteiger partial charge is 0.352 e. The molecular weight excluding hydrogens is 342 g/mol. The van der Waals surface area contributed by atoms with Gasteiger partial charge in [0.2, 0.25) is 0 Å². The van der Waals surface area contributed by atoms with Crippen molar-refractivity contribution in [3.63, 3.8) is 0 Å². The quantitative estimate of drug-likeness (QED) is 0.699. The van der Waals surface area contributed by atoms with Gasteiger partial charge in [0.05, 0.1) is 5.69 Å². The topological polar surface area (TPSA) is 45.2 Å². The minimum absolute atomic E-state index is 0.0320. The Morgan fingerprint density at radius 1 is 1.12 bits per heavy atom. The second-order valence-electron chi connectivity index (χ2n) is 6.18. The summed E-state index contributed by atoms with van der Waals surface area (Å²) in [6.07, 6.45) is 0. The molecule has 0 unspecified atom stereocenters. The maximum absolute atomic E-state index is 11.8. The van der Waals surface area contributed by atoms with Gasteiger partial charge in [-0.1, -0.05) is 42.5 Å². The lowest BCUT2D eigenvalue weighted by atomic mass is 10.1. The SMILES string of the molecule is CCNC(=O)c1ccc(CN(C)c2nc(-c3ccccc3)c(C)s2)cc1. The van der Waals surface area contributed by atoms with Gasteiger partial charge in [-0.25, -0.2) is 4.98 Å². The maximum atomic E-state index is 11.8. The fourth-order valence-electron chi connectivity index (χ4n) is 2.78. The average molecular weight is 366 g/mol. The number of rotatable bonds is 6. The van der Waals surface area contributed by atoms with Gasteiger partial charge >= 0.3 is 0 Å². The maximum Gasteiger partial charge on any atom is 0.251 e. The van der Waals surface area contributed by atoms with Gasteiger partial charge < -0.3 is 10.2 Å². The fourth-order valence-corrected chi connectivity index (χ4v) is 3.67. The van der Waals surface area contributed by atoms with E-state index in [1.807, 2.05) is 56.4 Å². The van der Waals surface area contributed by atoms with Gasteiger partial charge in [0.25, 0.3) is 5.91 Å². The molecule has 0 atom stereocenters. The summed E-state index contributed by atoms with van der Waals surface area (Å²) in [6.45, 7) is 5.41. The first-order valence-electron chi connectivity index (χ1n) is 8.69. The molecule has 1 N–H and O–H groups in total. The number of nitrogens with one attached hydrogen (secondary N) is 1. The molecule has 0 aliphatic heterocycles. The van der Waals surface area contributed by atoms with Crippen LogP contribution in [0.1, 0.15) is 27.7 Å². The first-order valence-corrected chi connectivity index (χ1v) is 9.51. The van der Waals surface area contributed by atoms with E-state index in [0.717, 1.165) is 28.5 Å². The van der Waals surface area contributed by atoms with Crippen LogP contribution < -0.4 is 10.2 Å². The van der Waals surface area contributed by atoms with Crippen molar-refractivity contribution in [2.45, 2.75) is 20.4 Å². The minimum Gasteiger partial charge on any atom is -0.352 e. The summed E-state index contributed by atoms with van der Waals surface area (Å²) in [7, 11) is 2.05. The molecule has 1 amide bonds. The van der Waals surface area contributed by atoms with E-state index in [2.05, 4.69) is 29.3 Å². The van der Waals surface area contributed by atoms with E-state index in [-0.39, 0.29) is 5.91 Å². The number of amides is 1. The molecule has 1 aromatic heterocycles. The van der Waals surface area contributed by atoms with Crippen molar-refractivity contribution < 1.29 is 4.79 Å². The second-order valence-corrected chi connectivity index (χ2v) is 7.36. The van der Waals surface area contributed by atoms with Crippen LogP contribution in [0.2, 0.25) is 0 Å². The van der Waals surface area contributed by atoms with E-state index in [4.69, 9.17) is 4.98 Å². The molecule has 0 aliphatic rings. The van der Waals surface area contributed by atoms with E-state index < -0.39 is 0 Å². The number of hydrogen-bond acceptors (Lipinski definition) is 4. The average Bonchev–Trinajstić information content (AvgIpc) is 3.05. The molecule has 0 bridgehead atoms. The number of carbonyl (C=O) groups is 1. The minimum atomic E-state index is -0.0320. The number of nitrogens with zero attached hydrogens (tertiary/aromatic N) is 2. The molecule has 134 valence electrons. The van der Waals surface area contributed by atoms with Crippen molar-refractivity contribution in [3.05, 3.63) is 70.6 Å². The molecule has 3 aromatic rings. The summed E-state index contributed by atoms with van der Waals surface area (Å²) in [5.74, 6) is -0.0320. The Bertz CT molecular complexity index is 872. The van der Waals surface area contributed by atoms with E-state index >= 15 is 0 Å². The van der Waals surface area contributed by atoms with Crippen molar-refractivity contribution in [1.29, 1.82) is 0 Å². The number of carbonyl (C=O) groups excluding carboxylic acids is 1. The highest BCUT2D eigenvalue weighted by atomic mass is 32.1. The Labute approximate surface area is 158 Å². The third-order valence-corrected chi connectivity index (χ3v) is 5.22. The molecule has 3 rings (SSSR count). The molecule has 26 heavy (non-hydrogen) atoms. The van der Waals surface area contributed by atoms with E-state index in [1.165, 1.54) is 4.88 Å². The molecule has 0 radical (unpaired) electrons. The lowest BCUT2D eigenvalue weighted by Crippen LogP contribution is -2.22. The zero-order chi connectivity index (χ0) is 18.5. The molecule has 4 nitrogen and oxygen atoms in total. The van der Waals surface area contributed by atoms with Crippen LogP contribution in [0.25, 0.3) is 11.3 Å². The van der Waals surface area contributed by atoms with Gasteiger partial charge in [-0.05, 0) is 31.5 Å². The highest BCUT2D eigenvalue weighted by Crippen LogP contribution is 2.32. The van der Waals surface area contributed by atoms with Gasteiger partial charge in [0.15, 0.2) is 5.13 Å². The standard InChI is InChI=1S/C21H23N3OS/c1-4-22-20(25)18-12-10-16(11-13-18)14-24(3)21-23-19(15(2)26-21)17-8-6-5-7-9-17/h5-13H,4,14H2,1-3H3,(H,22,25). The van der Waals surface area contributed by atoms with E-state index in [0.29, 0.717) is 12.1 Å². The Balaban J connectivity index is 1.72. The first kappa shape index (κ1) is 18.1. The van der Waals surface area contributed by atoms with Gasteiger partial charge in [0, 0.05) is 36.1 Å². The second kappa shape index (κ2) is 8.15. The van der Waals surface area contributed by atoms with Crippen LogP contribution in [0.3, 0.4) is 0 Å². The Morgan fingerprint density at radius 3 is 2.46 bits per heavy atom. The predicted molar refractivity (Wildman–Crippen MR) is 109 cm³/mol. The van der Waals surface area contributed by atoms with Crippen molar-refractivity contribution in [2.24, 2.45) is 0 Å². The van der Waals surface area contributed by atoms with E-state index in [1.54, 1.807) is 11.3 Å². The van der Waals surface area contributed by atoms with Crippen LogP contribution in [0.5, 0.6) is 0 Å². The van der Waals surface area contributed by atoms with Crippen LogP contribution in [-0.4, -0.2) is 24.5 Å². The monoisotopic (exact) mass is 365 g/mol. The Hall–Kier alpha value is -2.66. The molecule has 0 spiro atoms. The summed E-state index contributed by atoms with van der Waals surface area (Å²) in [4.78, 5) is 20.0. The van der Waals surface area contributed by atoms with Crippen molar-refractivity contribution in [3.8, 4) is 11.3 Å². The predicted octanol–water partition coefficient (Wildman–Crippen LogP) is 4.50. The number of anilines is 1. The molecule has 0 fully saturated rings. The smallest absolute Gasteiger partial charge is 0.251 e. The number of hydrogen-bond donors (Lipinski definition) is 1. The number of aromatic nitrogens is 1. The number of benzene rings is 2. The molecule has 2 aromatic carbocycles. The van der Waals surface area contributed by atoms with Gasteiger partial charge in [-0.3, -0.25) is 4.79 Å². The Morgan fingerprint density at radius 2 is 1.81 bits per heavy atom. The summed E-state index contributed by atoms with van der Waals surface area (Å²) in [5, 5.41) is 3.81. The molecule has 0 aliphatic carbocycles. The third-order valence-electron chi connectivity index (χ3n) is 4.13. The number of thiazole rings is 1. The molecular formula is C21H23N3OS. The summed E-state index contributed by atoms with van der Waals surface area (Å²) < 4.78 is 0. The lowest BCUT2D eigenvalue weighted by molar-refractivity contribution is 0.0956. The fraction of sp³-hybridized carbons (Fsp3) is 0.238. The zero-order valence-electron chi connectivity index (χ0n) is 15.3. The molecule has 1 heterocycles. The molecule has 0 saturated carbocycles. The van der Waals surface area contributed by atoms with Crippen LogP contribution >= 0.6 is 11.3 Å². The van der Waals surface area contributed by atoms with Crippen molar-refractivity contribution in [1.82, 2.24) is 10.3 Å². The lowest BCUT2D eigenvalue weighted by Gasteiger charge is -2.16. The van der Waals surface area contributed by atoms with Crippen LogP contribution in [0.15, 0.2) is 54.6 Å². The van der Waals surface area contributed by atoms with Crippen LogP contribution in [0.4, 0.5) is 5.13 Å². The highest BCUT2D eigenvalue weighted by molar-refractivity contribution is 7.16. The van der Waals surface area contributed by atoms with Gasteiger partial charge in [-0.2, -0.15) is 0 Å². The number of aryl methyl sites for hydroxylation is 1. The molecule has 5 heteroatoms. The highest BCUT2D eigenvalue weighted by Gasteiger charge is 2.13. The van der Waals surface area contributed by atoms with Crippen LogP contribution in [0, 0.1) is 6.92 Å².